The van der Waals surface area contributed by atoms with Gasteiger partial charge in [-0.25, -0.2) is 9.97 Å². The van der Waals surface area contributed by atoms with Crippen molar-refractivity contribution in [3.05, 3.63) is 58.0 Å². The van der Waals surface area contributed by atoms with E-state index in [1.165, 1.54) is 0 Å². The van der Waals surface area contributed by atoms with E-state index in [9.17, 15) is 0 Å². The summed E-state index contributed by atoms with van der Waals surface area (Å²) in [6.45, 7) is 0. The number of hydrogen-bond donors (Lipinski definition) is 1. The largest absolute Gasteiger partial charge is 0.345 e. The van der Waals surface area contributed by atoms with E-state index in [-0.39, 0.29) is 0 Å². The first kappa shape index (κ1) is 14.3. The molecule has 21 heavy (non-hydrogen) atoms. The number of H-pyrrole nitrogens is 1. The lowest BCUT2D eigenvalue weighted by Crippen LogP contribution is -1.85. The smallest absolute Gasteiger partial charge is 0.140 e. The highest BCUT2D eigenvalue weighted by atomic mass is 79.9. The van der Waals surface area contributed by atoms with Crippen LogP contribution in [0.4, 0.5) is 0 Å². The Morgan fingerprint density at radius 2 is 1.71 bits per heavy atom. The minimum absolute atomic E-state index is 0.925. The molecule has 4 heterocycles. The molecule has 0 saturated heterocycles. The van der Waals surface area contributed by atoms with Crippen LogP contribution < -0.4 is 0 Å². The SMILES string of the molecule is Brc1c[nH]c2ncccc12.Cn1cc(Br)c2cccnc21. The zero-order valence-corrected chi connectivity index (χ0v) is 14.4. The van der Waals surface area contributed by atoms with Gasteiger partial charge in [0.2, 0.25) is 0 Å². The maximum absolute atomic E-state index is 4.23. The summed E-state index contributed by atoms with van der Waals surface area (Å²) in [4.78, 5) is 11.4. The van der Waals surface area contributed by atoms with Crippen LogP contribution in [0.1, 0.15) is 0 Å². The molecule has 4 rings (SSSR count). The maximum atomic E-state index is 4.23. The van der Waals surface area contributed by atoms with Crippen molar-refractivity contribution >= 4 is 53.9 Å². The van der Waals surface area contributed by atoms with E-state index in [2.05, 4.69) is 46.8 Å². The molecule has 0 fully saturated rings. The number of halogens is 2. The third kappa shape index (κ3) is 2.87. The number of rotatable bonds is 0. The van der Waals surface area contributed by atoms with Gasteiger partial charge in [-0.2, -0.15) is 0 Å². The van der Waals surface area contributed by atoms with Crippen LogP contribution in [0.15, 0.2) is 58.0 Å². The molecule has 0 atom stereocenters. The topological polar surface area (TPSA) is 46.5 Å². The van der Waals surface area contributed by atoms with Crippen molar-refractivity contribution in [1.82, 2.24) is 19.5 Å². The molecule has 0 saturated carbocycles. The highest BCUT2D eigenvalue weighted by Gasteiger charge is 2.02. The summed E-state index contributed by atoms with van der Waals surface area (Å²) in [5, 5.41) is 2.29. The van der Waals surface area contributed by atoms with Crippen molar-refractivity contribution < 1.29 is 0 Å². The van der Waals surface area contributed by atoms with E-state index in [4.69, 9.17) is 0 Å². The van der Waals surface area contributed by atoms with Gasteiger partial charge < -0.3 is 9.55 Å². The van der Waals surface area contributed by atoms with Crippen LogP contribution in [0.25, 0.3) is 22.1 Å². The minimum Gasteiger partial charge on any atom is -0.345 e. The molecule has 0 bridgehead atoms. The Labute approximate surface area is 138 Å². The molecular weight excluding hydrogens is 396 g/mol. The fourth-order valence-electron chi connectivity index (χ4n) is 2.09. The molecule has 1 N–H and O–H groups in total. The average Bonchev–Trinajstić information content (AvgIpc) is 3.02. The third-order valence-corrected chi connectivity index (χ3v) is 4.37. The number of aromatic nitrogens is 4. The summed E-state index contributed by atoms with van der Waals surface area (Å²) >= 11 is 6.85. The minimum atomic E-state index is 0.925. The zero-order valence-electron chi connectivity index (χ0n) is 11.2. The Balaban J connectivity index is 0.000000126. The van der Waals surface area contributed by atoms with Gasteiger partial charge in [-0.3, -0.25) is 0 Å². The third-order valence-electron chi connectivity index (χ3n) is 3.09. The Hall–Kier alpha value is -1.66. The summed E-state index contributed by atoms with van der Waals surface area (Å²) < 4.78 is 4.16. The average molecular weight is 408 g/mol. The van der Waals surface area contributed by atoms with Crippen molar-refractivity contribution in [2.75, 3.05) is 0 Å². The molecular formula is C15H12Br2N4. The van der Waals surface area contributed by atoms with Gasteiger partial charge in [0.15, 0.2) is 0 Å². The zero-order chi connectivity index (χ0) is 14.8. The molecule has 0 aliphatic rings. The van der Waals surface area contributed by atoms with Gasteiger partial charge in [0.25, 0.3) is 0 Å². The highest BCUT2D eigenvalue weighted by molar-refractivity contribution is 9.11. The highest BCUT2D eigenvalue weighted by Crippen LogP contribution is 2.23. The molecule has 4 aromatic rings. The van der Waals surface area contributed by atoms with E-state index in [0.29, 0.717) is 0 Å². The Morgan fingerprint density at radius 3 is 2.43 bits per heavy atom. The predicted molar refractivity (Wildman–Crippen MR) is 92.2 cm³/mol. The number of fused-ring (bicyclic) bond motifs is 2. The maximum Gasteiger partial charge on any atom is 0.140 e. The fraction of sp³-hybridized carbons (Fsp3) is 0.0667. The van der Waals surface area contributed by atoms with Crippen LogP contribution in [-0.2, 0) is 7.05 Å². The van der Waals surface area contributed by atoms with E-state index in [0.717, 1.165) is 31.0 Å². The van der Waals surface area contributed by atoms with Gasteiger partial charge in [-0.15, -0.1) is 0 Å². The lowest BCUT2D eigenvalue weighted by atomic mass is 10.3. The first-order valence-electron chi connectivity index (χ1n) is 6.30. The first-order chi connectivity index (χ1) is 10.2. The van der Waals surface area contributed by atoms with Crippen LogP contribution in [-0.4, -0.2) is 19.5 Å². The van der Waals surface area contributed by atoms with E-state index >= 15 is 0 Å². The van der Waals surface area contributed by atoms with Crippen molar-refractivity contribution in [3.63, 3.8) is 0 Å². The van der Waals surface area contributed by atoms with E-state index in [1.54, 1.807) is 12.4 Å². The summed E-state index contributed by atoms with van der Waals surface area (Å²) in [7, 11) is 1.99. The van der Waals surface area contributed by atoms with E-state index in [1.807, 2.05) is 48.3 Å². The summed E-state index contributed by atoms with van der Waals surface area (Å²) in [5.41, 5.74) is 1.94. The Kier molecular flexibility index (Phi) is 4.07. The fourth-order valence-corrected chi connectivity index (χ4v) is 3.14. The lowest BCUT2D eigenvalue weighted by molar-refractivity contribution is 0.946. The van der Waals surface area contributed by atoms with Gasteiger partial charge in [-0.05, 0) is 56.1 Å². The Morgan fingerprint density at radius 1 is 1.00 bits per heavy atom. The van der Waals surface area contributed by atoms with Crippen molar-refractivity contribution in [1.29, 1.82) is 0 Å². The molecule has 4 nitrogen and oxygen atoms in total. The number of nitrogens with one attached hydrogen (secondary N) is 1. The van der Waals surface area contributed by atoms with Crippen LogP contribution >= 0.6 is 31.9 Å². The molecule has 4 aromatic heterocycles. The second-order valence-corrected chi connectivity index (χ2v) is 6.21. The van der Waals surface area contributed by atoms with Crippen LogP contribution in [0, 0.1) is 0 Å². The Bertz CT molecular complexity index is 859. The number of nitrogens with zero attached hydrogens (tertiary/aromatic N) is 3. The number of pyridine rings is 2. The first-order valence-corrected chi connectivity index (χ1v) is 7.88. The molecule has 0 aromatic carbocycles. The van der Waals surface area contributed by atoms with Gasteiger partial charge in [-0.1, -0.05) is 0 Å². The summed E-state index contributed by atoms with van der Waals surface area (Å²) in [5.74, 6) is 0. The molecule has 6 heteroatoms. The molecule has 0 aliphatic heterocycles. The second kappa shape index (κ2) is 5.99. The van der Waals surface area contributed by atoms with Gasteiger partial charge >= 0.3 is 0 Å². The number of hydrogen-bond acceptors (Lipinski definition) is 2. The normalized spacial score (nSPS) is 10.6. The molecule has 0 amide bonds. The molecule has 0 unspecified atom stereocenters. The quantitative estimate of drug-likeness (QED) is 0.460. The summed E-state index contributed by atoms with van der Waals surface area (Å²) in [6.07, 6.45) is 7.47. The van der Waals surface area contributed by atoms with Gasteiger partial charge in [0.05, 0.1) is 0 Å². The monoisotopic (exact) mass is 406 g/mol. The van der Waals surface area contributed by atoms with Crippen molar-refractivity contribution in [3.8, 4) is 0 Å². The predicted octanol–water partition coefficient (Wildman–Crippen LogP) is 4.66. The summed E-state index contributed by atoms with van der Waals surface area (Å²) in [6, 6.07) is 7.92. The van der Waals surface area contributed by atoms with Crippen LogP contribution in [0.2, 0.25) is 0 Å². The van der Waals surface area contributed by atoms with Crippen molar-refractivity contribution in [2.45, 2.75) is 0 Å². The van der Waals surface area contributed by atoms with Crippen LogP contribution in [0.3, 0.4) is 0 Å². The molecule has 106 valence electrons. The van der Waals surface area contributed by atoms with E-state index < -0.39 is 0 Å². The van der Waals surface area contributed by atoms with Crippen LogP contribution in [0.5, 0.6) is 0 Å². The molecule has 0 spiro atoms. The molecule has 0 radical (unpaired) electrons. The lowest BCUT2D eigenvalue weighted by Gasteiger charge is -1.91. The number of aromatic amines is 1. The number of aryl methyl sites for hydroxylation is 1. The van der Waals surface area contributed by atoms with Crippen molar-refractivity contribution in [2.24, 2.45) is 7.05 Å². The second-order valence-electron chi connectivity index (χ2n) is 4.50. The van der Waals surface area contributed by atoms with Gasteiger partial charge in [0, 0.05) is 51.6 Å². The molecule has 0 aliphatic carbocycles. The van der Waals surface area contributed by atoms with Gasteiger partial charge in [0.1, 0.15) is 11.3 Å². The standard InChI is InChI=1S/C8H7BrN2.C7H5BrN2/c1-11-5-7(9)6-3-2-4-10-8(6)11;8-6-4-10-7-5(6)2-1-3-9-7/h2-5H,1H3;1-4H,(H,9,10).